The number of fused-ring (bicyclic) bond motifs is 1. The fourth-order valence-corrected chi connectivity index (χ4v) is 4.12. The summed E-state index contributed by atoms with van der Waals surface area (Å²) in [5, 5.41) is 11.5. The number of nitrogens with one attached hydrogen (secondary N) is 3. The Hall–Kier alpha value is -1.88. The highest BCUT2D eigenvalue weighted by Crippen LogP contribution is 2.22. The van der Waals surface area contributed by atoms with Crippen molar-refractivity contribution < 1.29 is 4.79 Å². The maximum absolute atomic E-state index is 12.8. The summed E-state index contributed by atoms with van der Waals surface area (Å²) in [5.41, 5.74) is 1.64. The quantitative estimate of drug-likeness (QED) is 0.134. The summed E-state index contributed by atoms with van der Waals surface area (Å²) in [6.07, 6.45) is 0.972. The molecule has 0 spiro atoms. The van der Waals surface area contributed by atoms with Crippen molar-refractivity contribution >= 4 is 68.5 Å². The number of urea groups is 1. The molecule has 2 aromatic carbocycles. The molecule has 3 N–H and O–H groups in total. The number of aromatic nitrogens is 2. The van der Waals surface area contributed by atoms with Gasteiger partial charge in [-0.25, -0.2) is 14.8 Å². The van der Waals surface area contributed by atoms with Crippen LogP contribution in [0.2, 0.25) is 10.0 Å². The first-order valence-electron chi connectivity index (χ1n) is 10.2. The van der Waals surface area contributed by atoms with Crippen LogP contribution in [-0.4, -0.2) is 45.6 Å². The Kier molecular flexibility index (Phi) is 9.58. The number of anilines is 1. The molecule has 0 radical (unpaired) electrons. The van der Waals surface area contributed by atoms with Gasteiger partial charge in [0.25, 0.3) is 0 Å². The van der Waals surface area contributed by atoms with Gasteiger partial charge in [-0.15, -0.1) is 0 Å². The van der Waals surface area contributed by atoms with E-state index in [0.717, 1.165) is 41.8 Å². The van der Waals surface area contributed by atoms with Gasteiger partial charge in [0.2, 0.25) is 0 Å². The van der Waals surface area contributed by atoms with Crippen LogP contribution in [0.15, 0.2) is 42.5 Å². The average molecular weight is 587 g/mol. The van der Waals surface area contributed by atoms with Crippen LogP contribution in [0.1, 0.15) is 17.8 Å². The monoisotopic (exact) mass is 586 g/mol. The number of alkyl halides is 1. The zero-order chi connectivity index (χ0) is 22.9. The fraction of sp³-hybridized carbons (Fsp3) is 0.318. The number of benzene rings is 2. The van der Waals surface area contributed by atoms with Crippen molar-refractivity contribution in [2.45, 2.75) is 19.5 Å². The van der Waals surface area contributed by atoms with Gasteiger partial charge < -0.3 is 20.9 Å². The molecule has 0 aliphatic carbocycles. The van der Waals surface area contributed by atoms with Gasteiger partial charge >= 0.3 is 6.03 Å². The second-order valence-electron chi connectivity index (χ2n) is 7.10. The number of para-hydroxylation sites is 1. The number of amides is 2. The Balaban J connectivity index is 1.71. The molecular formula is C22H25Cl2IN6O. The van der Waals surface area contributed by atoms with Crippen LogP contribution in [0.4, 0.5) is 10.6 Å². The van der Waals surface area contributed by atoms with Crippen LogP contribution >= 0.6 is 45.8 Å². The Morgan fingerprint density at radius 3 is 2.69 bits per heavy atom. The molecule has 3 rings (SSSR count). The number of hydrogen-bond donors (Lipinski definition) is 3. The van der Waals surface area contributed by atoms with Gasteiger partial charge in [-0.1, -0.05) is 64.0 Å². The average Bonchev–Trinajstić information content (AvgIpc) is 2.79. The number of carbonyl (C=O) groups excluding carboxylic acids is 1. The first-order valence-corrected chi connectivity index (χ1v) is 12.5. The van der Waals surface area contributed by atoms with E-state index in [-0.39, 0.29) is 6.03 Å². The normalized spacial score (nSPS) is 10.9. The van der Waals surface area contributed by atoms with Crippen molar-refractivity contribution in [3.05, 3.63) is 63.9 Å². The molecule has 0 aliphatic heterocycles. The second kappa shape index (κ2) is 12.4. The minimum atomic E-state index is -0.217. The Bertz CT molecular complexity index is 1070. The molecule has 0 unspecified atom stereocenters. The highest BCUT2D eigenvalue weighted by atomic mass is 127. The first kappa shape index (κ1) is 24.8. The largest absolute Gasteiger partial charge is 0.369 e. The summed E-state index contributed by atoms with van der Waals surface area (Å²) >= 11 is 14.3. The van der Waals surface area contributed by atoms with Crippen LogP contribution in [-0.2, 0) is 13.1 Å². The number of carbonyl (C=O) groups is 1. The first-order chi connectivity index (χ1) is 15.5. The lowest BCUT2D eigenvalue weighted by molar-refractivity contribution is 0.204. The molecule has 1 heterocycles. The van der Waals surface area contributed by atoms with Gasteiger partial charge in [-0.2, -0.15) is 0 Å². The molecule has 10 heteroatoms. The third kappa shape index (κ3) is 6.81. The molecule has 0 fully saturated rings. The predicted molar refractivity (Wildman–Crippen MR) is 140 cm³/mol. The summed E-state index contributed by atoms with van der Waals surface area (Å²) in [6, 6.07) is 12.9. The molecule has 3 aromatic rings. The maximum atomic E-state index is 12.8. The predicted octanol–water partition coefficient (Wildman–Crippen LogP) is 5.06. The van der Waals surface area contributed by atoms with Crippen molar-refractivity contribution in [2.24, 2.45) is 0 Å². The Morgan fingerprint density at radius 1 is 1.12 bits per heavy atom. The van der Waals surface area contributed by atoms with Crippen molar-refractivity contribution in [1.29, 1.82) is 0 Å². The summed E-state index contributed by atoms with van der Waals surface area (Å²) in [5.74, 6) is 1.36. The van der Waals surface area contributed by atoms with E-state index in [1.165, 1.54) is 0 Å². The molecule has 7 nitrogen and oxygen atoms in total. The number of hydrogen-bond acceptors (Lipinski definition) is 5. The van der Waals surface area contributed by atoms with Gasteiger partial charge in [0.05, 0.1) is 16.6 Å². The molecular weight excluding hydrogens is 562 g/mol. The molecule has 0 saturated carbocycles. The van der Waals surface area contributed by atoms with Crippen molar-refractivity contribution in [3.63, 3.8) is 0 Å². The highest BCUT2D eigenvalue weighted by molar-refractivity contribution is 14.1. The van der Waals surface area contributed by atoms with E-state index in [9.17, 15) is 4.79 Å². The Morgan fingerprint density at radius 2 is 1.94 bits per heavy atom. The lowest BCUT2D eigenvalue weighted by Gasteiger charge is -2.21. The van der Waals surface area contributed by atoms with Gasteiger partial charge in [0.1, 0.15) is 5.82 Å². The lowest BCUT2D eigenvalue weighted by atomic mass is 10.2. The van der Waals surface area contributed by atoms with Crippen LogP contribution in [0.25, 0.3) is 10.9 Å². The molecule has 170 valence electrons. The van der Waals surface area contributed by atoms with Crippen LogP contribution < -0.4 is 16.0 Å². The smallest absolute Gasteiger partial charge is 0.318 e. The van der Waals surface area contributed by atoms with E-state index < -0.39 is 0 Å². The zero-order valence-electron chi connectivity index (χ0n) is 17.7. The Labute approximate surface area is 211 Å². The van der Waals surface area contributed by atoms with Gasteiger partial charge in [0.15, 0.2) is 5.82 Å². The third-order valence-corrected chi connectivity index (χ3v) is 6.16. The van der Waals surface area contributed by atoms with Gasteiger partial charge in [-0.3, -0.25) is 0 Å². The van der Waals surface area contributed by atoms with Crippen molar-refractivity contribution in [1.82, 2.24) is 25.5 Å². The lowest BCUT2D eigenvalue weighted by Crippen LogP contribution is -2.38. The van der Waals surface area contributed by atoms with Gasteiger partial charge in [-0.05, 0) is 49.8 Å². The van der Waals surface area contributed by atoms with Crippen LogP contribution in [0.3, 0.4) is 0 Å². The molecule has 2 amide bonds. The topological polar surface area (TPSA) is 82.2 Å². The van der Waals surface area contributed by atoms with E-state index >= 15 is 0 Å². The summed E-state index contributed by atoms with van der Waals surface area (Å²) in [6.45, 7) is 2.31. The molecule has 0 bridgehead atoms. The number of halogens is 3. The molecule has 0 saturated heterocycles. The third-order valence-electron chi connectivity index (χ3n) is 4.75. The SMILES string of the molecule is CNCCCNc1nc(CN(CI)C(=O)NCc2ccc(Cl)cc2Cl)nc2ccccc12. The minimum Gasteiger partial charge on any atom is -0.369 e. The molecule has 32 heavy (non-hydrogen) atoms. The molecule has 0 aliphatic rings. The standard InChI is InChI=1S/C22H25Cl2IN6O/c1-26-9-4-10-27-21-17-5-2-3-6-19(17)29-20(30-21)13-31(14-25)22(32)28-12-15-7-8-16(23)11-18(15)24/h2-3,5-8,11,26H,4,9-10,12-14H2,1H3,(H,28,32)(H,27,29,30). The fourth-order valence-electron chi connectivity index (χ4n) is 3.09. The van der Waals surface area contributed by atoms with Crippen molar-refractivity contribution in [3.8, 4) is 0 Å². The van der Waals surface area contributed by atoms with Crippen LogP contribution in [0, 0.1) is 0 Å². The maximum Gasteiger partial charge on any atom is 0.318 e. The van der Waals surface area contributed by atoms with E-state index in [4.69, 9.17) is 28.2 Å². The summed E-state index contributed by atoms with van der Waals surface area (Å²) < 4.78 is 0.485. The van der Waals surface area contributed by atoms with E-state index in [1.54, 1.807) is 23.1 Å². The summed E-state index contributed by atoms with van der Waals surface area (Å²) in [7, 11) is 1.93. The second-order valence-corrected chi connectivity index (χ2v) is 8.63. The molecule has 1 aromatic heterocycles. The number of nitrogens with zero attached hydrogens (tertiary/aromatic N) is 3. The summed E-state index contributed by atoms with van der Waals surface area (Å²) in [4.78, 5) is 23.8. The van der Waals surface area contributed by atoms with E-state index in [2.05, 4.69) is 43.5 Å². The molecule has 0 atom stereocenters. The zero-order valence-corrected chi connectivity index (χ0v) is 21.3. The minimum absolute atomic E-state index is 0.217. The van der Waals surface area contributed by atoms with Gasteiger partial charge in [0, 0.05) is 28.5 Å². The van der Waals surface area contributed by atoms with Crippen LogP contribution in [0.5, 0.6) is 0 Å². The van der Waals surface area contributed by atoms with E-state index in [1.807, 2.05) is 31.3 Å². The van der Waals surface area contributed by atoms with E-state index in [0.29, 0.717) is 33.5 Å². The van der Waals surface area contributed by atoms with Crippen molar-refractivity contribution in [2.75, 3.05) is 30.0 Å². The highest BCUT2D eigenvalue weighted by Gasteiger charge is 2.16. The number of rotatable bonds is 10.